The Balaban J connectivity index is 0.000000170. The summed E-state index contributed by atoms with van der Waals surface area (Å²) in [6.45, 7) is 13.0. The fraction of sp³-hybridized carbons (Fsp3) is 0.281. The standard InChI is InChI=1S/C31H33N7O2.C26H25N7.ClH/c1-20-6-5-7-25(34-20)29-28(23-11-13-27-32-19-33-38(27)18-23)35-26(36-29)12-9-21-8-10-22-14-15-37(17-24(22)16-21)30(39)40-31(2,3)4;1-17-3-2-4-22(30-17)26-25(20-8-10-24-28-16-29-33(24)15-20)31-23(32-26)9-6-18-5-7-19-11-12-27-14-21(19)13-18;/h5-8,10-11,13,16,18-19H,9,12,14-15,17H2,1-4H3,(H,35,36);2-5,7-8,10,13,15-16,27H,6,9,11-12,14H2,1H3,(H,31,32);1H. The molecule has 0 bridgehead atoms. The summed E-state index contributed by atoms with van der Waals surface area (Å²) in [5.74, 6) is 1.85. The van der Waals surface area contributed by atoms with Crippen molar-refractivity contribution in [2.75, 3.05) is 13.1 Å². The molecule has 8 aromatic heterocycles. The molecule has 0 aliphatic carbocycles. The molecule has 1 amide bonds. The Kier molecular flexibility index (Phi) is 14.2. The van der Waals surface area contributed by atoms with Crippen molar-refractivity contribution < 1.29 is 9.53 Å². The molecule has 376 valence electrons. The summed E-state index contributed by atoms with van der Waals surface area (Å²) >= 11 is 0. The first-order valence-electron chi connectivity index (χ1n) is 25.0. The molecule has 74 heavy (non-hydrogen) atoms. The van der Waals surface area contributed by atoms with Crippen molar-refractivity contribution in [1.29, 1.82) is 0 Å². The molecular formula is C57H59ClN14O2. The van der Waals surface area contributed by atoms with Crippen LogP contribution in [-0.2, 0) is 56.4 Å². The first kappa shape index (κ1) is 49.5. The molecule has 16 nitrogen and oxygen atoms in total. The maximum Gasteiger partial charge on any atom is 0.410 e. The van der Waals surface area contributed by atoms with E-state index >= 15 is 0 Å². The lowest BCUT2D eigenvalue weighted by atomic mass is 9.96. The van der Waals surface area contributed by atoms with Gasteiger partial charge in [-0.3, -0.25) is 9.97 Å². The lowest BCUT2D eigenvalue weighted by molar-refractivity contribution is 0.0224. The Bertz CT molecular complexity index is 3620. The Hall–Kier alpha value is -8.08. The topological polar surface area (TPSA) is 185 Å². The van der Waals surface area contributed by atoms with Crippen molar-refractivity contribution in [2.45, 2.75) is 91.8 Å². The number of aryl methyl sites for hydroxylation is 6. The highest BCUT2D eigenvalue weighted by molar-refractivity contribution is 5.85. The Labute approximate surface area is 435 Å². The highest BCUT2D eigenvalue weighted by Gasteiger charge is 2.26. The second-order valence-electron chi connectivity index (χ2n) is 19.9. The number of imidazole rings is 2. The van der Waals surface area contributed by atoms with Crippen LogP contribution in [0.1, 0.15) is 77.2 Å². The third kappa shape index (κ3) is 11.1. The Morgan fingerprint density at radius 2 is 1.16 bits per heavy atom. The summed E-state index contributed by atoms with van der Waals surface area (Å²) in [5.41, 5.74) is 18.1. The molecule has 0 spiro atoms. The molecular weight excluding hydrogens is 948 g/mol. The van der Waals surface area contributed by atoms with E-state index in [0.29, 0.717) is 13.1 Å². The molecule has 17 heteroatoms. The number of carbonyl (C=O) groups excluding carboxylic acids is 1. The number of halogens is 1. The molecule has 0 unspecified atom stereocenters. The molecule has 3 N–H and O–H groups in total. The maximum atomic E-state index is 12.6. The van der Waals surface area contributed by atoms with Crippen molar-refractivity contribution in [1.82, 2.24) is 69.3 Å². The number of hydrogen-bond donors (Lipinski definition) is 3. The average Bonchev–Trinajstić information content (AvgIpc) is 4.23. The number of benzene rings is 2. The molecule has 0 saturated heterocycles. The highest BCUT2D eigenvalue weighted by atomic mass is 35.5. The minimum absolute atomic E-state index is 0. The lowest BCUT2D eigenvalue weighted by Crippen LogP contribution is -2.39. The van der Waals surface area contributed by atoms with E-state index in [-0.39, 0.29) is 18.5 Å². The summed E-state index contributed by atoms with van der Waals surface area (Å²) in [4.78, 5) is 49.6. The first-order chi connectivity index (χ1) is 35.4. The monoisotopic (exact) mass is 1010 g/mol. The SMILES string of the molecule is Cc1cccc(-c2[nH]c(CCc3ccc4c(c3)CN(C(=O)OC(C)(C)C)CC4)nc2-c2ccc3ncnn3c2)n1.Cc1cccc(-c2[nH]c(CCc3ccc4c(c3)CNCC4)nc2-c2ccc3ncnn3c2)n1.Cl. The van der Waals surface area contributed by atoms with Gasteiger partial charge in [0.15, 0.2) is 11.3 Å². The molecule has 12 rings (SSSR count). The van der Waals surface area contributed by atoms with Gasteiger partial charge >= 0.3 is 6.09 Å². The largest absolute Gasteiger partial charge is 0.444 e. The van der Waals surface area contributed by atoms with E-state index in [2.05, 4.69) is 71.8 Å². The Morgan fingerprint density at radius 1 is 0.622 bits per heavy atom. The van der Waals surface area contributed by atoms with E-state index in [1.165, 1.54) is 33.4 Å². The van der Waals surface area contributed by atoms with Crippen LogP contribution in [0.4, 0.5) is 4.79 Å². The summed E-state index contributed by atoms with van der Waals surface area (Å²) in [7, 11) is 0. The van der Waals surface area contributed by atoms with Crippen LogP contribution < -0.4 is 5.32 Å². The van der Waals surface area contributed by atoms with Crippen LogP contribution in [0.25, 0.3) is 56.6 Å². The minimum Gasteiger partial charge on any atom is -0.444 e. The Morgan fingerprint density at radius 3 is 1.70 bits per heavy atom. The zero-order valence-electron chi connectivity index (χ0n) is 42.3. The highest BCUT2D eigenvalue weighted by Crippen LogP contribution is 2.32. The summed E-state index contributed by atoms with van der Waals surface area (Å²) in [6, 6.07) is 33.5. The molecule has 10 heterocycles. The summed E-state index contributed by atoms with van der Waals surface area (Å²) < 4.78 is 9.13. The maximum absolute atomic E-state index is 12.6. The predicted molar refractivity (Wildman–Crippen MR) is 288 cm³/mol. The van der Waals surface area contributed by atoms with E-state index in [1.54, 1.807) is 26.6 Å². The van der Waals surface area contributed by atoms with Gasteiger partial charge in [-0.05, 0) is 149 Å². The molecule has 0 atom stereocenters. The van der Waals surface area contributed by atoms with Gasteiger partial charge in [-0.2, -0.15) is 10.2 Å². The predicted octanol–water partition coefficient (Wildman–Crippen LogP) is 9.91. The number of carbonyl (C=O) groups is 1. The number of aromatic nitrogens is 12. The van der Waals surface area contributed by atoms with Crippen molar-refractivity contribution >= 4 is 29.8 Å². The number of ether oxygens (including phenoxy) is 1. The van der Waals surface area contributed by atoms with Crippen molar-refractivity contribution in [3.05, 3.63) is 179 Å². The zero-order valence-corrected chi connectivity index (χ0v) is 43.1. The van der Waals surface area contributed by atoms with Crippen LogP contribution >= 0.6 is 12.4 Å². The fourth-order valence-corrected chi connectivity index (χ4v) is 9.61. The van der Waals surface area contributed by atoms with Gasteiger partial charge in [0, 0.05) is 67.4 Å². The van der Waals surface area contributed by atoms with Crippen LogP contribution in [0.15, 0.2) is 122 Å². The molecule has 2 aliphatic rings. The number of fused-ring (bicyclic) bond motifs is 4. The smallest absolute Gasteiger partial charge is 0.410 e. The van der Waals surface area contributed by atoms with Crippen molar-refractivity contribution in [3.63, 3.8) is 0 Å². The van der Waals surface area contributed by atoms with E-state index in [0.717, 1.165) is 131 Å². The van der Waals surface area contributed by atoms with Gasteiger partial charge in [0.2, 0.25) is 0 Å². The van der Waals surface area contributed by atoms with E-state index in [9.17, 15) is 4.79 Å². The number of nitrogens with zero attached hydrogens (tertiary/aromatic N) is 11. The van der Waals surface area contributed by atoms with Gasteiger partial charge in [-0.15, -0.1) is 12.4 Å². The first-order valence-corrected chi connectivity index (χ1v) is 25.0. The number of nitrogens with one attached hydrogen (secondary N) is 3. The quantitative estimate of drug-likeness (QED) is 0.118. The zero-order chi connectivity index (χ0) is 50.1. The molecule has 2 aliphatic heterocycles. The van der Waals surface area contributed by atoms with Crippen molar-refractivity contribution in [2.24, 2.45) is 0 Å². The average molecular weight is 1010 g/mol. The number of pyridine rings is 4. The van der Waals surface area contributed by atoms with Crippen molar-refractivity contribution in [3.8, 4) is 45.3 Å². The number of hydrogen-bond acceptors (Lipinski definition) is 11. The number of rotatable bonds is 10. The lowest BCUT2D eigenvalue weighted by Gasteiger charge is -2.31. The van der Waals surface area contributed by atoms with Gasteiger partial charge < -0.3 is 24.9 Å². The minimum atomic E-state index is -0.505. The summed E-state index contributed by atoms with van der Waals surface area (Å²) in [6.07, 6.45) is 12.0. The number of aromatic amines is 2. The van der Waals surface area contributed by atoms with Gasteiger partial charge in [0.1, 0.15) is 29.9 Å². The van der Waals surface area contributed by atoms with E-state index < -0.39 is 5.60 Å². The second-order valence-corrected chi connectivity index (χ2v) is 19.9. The third-order valence-corrected chi connectivity index (χ3v) is 13.3. The van der Waals surface area contributed by atoms with Crippen LogP contribution in [0, 0.1) is 13.8 Å². The molecule has 2 aromatic carbocycles. The van der Waals surface area contributed by atoms with Gasteiger partial charge in [0.25, 0.3) is 0 Å². The van der Waals surface area contributed by atoms with Gasteiger partial charge in [0.05, 0.1) is 34.2 Å². The molecule has 0 saturated carbocycles. The van der Waals surface area contributed by atoms with Crippen LogP contribution in [0.5, 0.6) is 0 Å². The van der Waals surface area contributed by atoms with Gasteiger partial charge in [-0.1, -0.05) is 48.5 Å². The molecule has 0 radical (unpaired) electrons. The van der Waals surface area contributed by atoms with Crippen LogP contribution in [0.2, 0.25) is 0 Å². The fourth-order valence-electron chi connectivity index (χ4n) is 9.61. The third-order valence-electron chi connectivity index (χ3n) is 13.3. The number of amides is 1. The number of H-pyrrole nitrogens is 2. The normalized spacial score (nSPS) is 13.2. The van der Waals surface area contributed by atoms with Gasteiger partial charge in [-0.25, -0.2) is 33.8 Å². The van der Waals surface area contributed by atoms with Crippen LogP contribution in [-0.4, -0.2) is 88.8 Å². The van der Waals surface area contributed by atoms with Crippen LogP contribution in [0.3, 0.4) is 0 Å². The van der Waals surface area contributed by atoms with E-state index in [4.69, 9.17) is 24.7 Å². The second kappa shape index (κ2) is 21.2. The van der Waals surface area contributed by atoms with E-state index in [1.807, 2.05) is 108 Å². The summed E-state index contributed by atoms with van der Waals surface area (Å²) in [5, 5.41) is 12.0. The molecule has 0 fully saturated rings. The molecule has 10 aromatic rings.